The fourth-order valence-electron chi connectivity index (χ4n) is 10.1. The van der Waals surface area contributed by atoms with Crippen molar-refractivity contribution in [3.8, 4) is 0 Å². The predicted molar refractivity (Wildman–Crippen MR) is 130 cm³/mol. The molecule has 0 amide bonds. The van der Waals surface area contributed by atoms with E-state index in [-0.39, 0.29) is 16.9 Å². The Labute approximate surface area is 197 Å². The first-order valence-corrected chi connectivity index (χ1v) is 13.9. The Morgan fingerprint density at radius 2 is 1.69 bits per heavy atom. The summed E-state index contributed by atoms with van der Waals surface area (Å²) in [6.45, 7) is 12.1. The smallest absolute Gasteiger partial charge is 0.303 e. The minimum absolute atomic E-state index is 0.0250. The maximum atomic E-state index is 12.3. The molecule has 0 aromatic heterocycles. The number of fused-ring (bicyclic) bond motifs is 5. The van der Waals surface area contributed by atoms with Crippen molar-refractivity contribution in [1.29, 1.82) is 0 Å². The van der Waals surface area contributed by atoms with Crippen molar-refractivity contribution in [3.63, 3.8) is 0 Å². The maximum Gasteiger partial charge on any atom is 0.303 e. The number of carboxylic acids is 1. The molecular formula is C29H50O3. The van der Waals surface area contributed by atoms with Crippen molar-refractivity contribution >= 4 is 5.97 Å². The summed E-state index contributed by atoms with van der Waals surface area (Å²) in [5, 5.41) is 20.5. The topological polar surface area (TPSA) is 57.5 Å². The van der Waals surface area contributed by atoms with Crippen molar-refractivity contribution in [2.45, 2.75) is 124 Å². The van der Waals surface area contributed by atoms with Crippen molar-refractivity contribution in [2.24, 2.45) is 51.8 Å². The molecule has 4 rings (SSSR count). The van der Waals surface area contributed by atoms with Gasteiger partial charge in [0.05, 0.1) is 12.5 Å². The van der Waals surface area contributed by atoms with Crippen LogP contribution in [0.25, 0.3) is 0 Å². The molecule has 9 atom stereocenters. The highest BCUT2D eigenvalue weighted by molar-refractivity contribution is 5.68. The summed E-state index contributed by atoms with van der Waals surface area (Å²) in [5.74, 6) is 3.41. The summed E-state index contributed by atoms with van der Waals surface area (Å²) in [5.41, 5.74) is 0.444. The molecule has 0 saturated heterocycles. The highest BCUT2D eigenvalue weighted by Gasteiger charge is 2.68. The number of carboxylic acid groups (broad SMARTS) is 1. The summed E-state index contributed by atoms with van der Waals surface area (Å²) >= 11 is 0. The summed E-state index contributed by atoms with van der Waals surface area (Å²) in [6, 6.07) is 0. The zero-order chi connectivity index (χ0) is 23.3. The van der Waals surface area contributed by atoms with Crippen LogP contribution in [-0.2, 0) is 4.79 Å². The number of aliphatic hydroxyl groups excluding tert-OH is 1. The summed E-state index contributed by atoms with van der Waals surface area (Å²) in [6.07, 6.45) is 14.5. The van der Waals surface area contributed by atoms with Crippen LogP contribution in [0.3, 0.4) is 0 Å². The molecular weight excluding hydrogens is 396 g/mol. The Balaban J connectivity index is 1.62. The molecule has 0 bridgehead atoms. The monoisotopic (exact) mass is 446 g/mol. The van der Waals surface area contributed by atoms with E-state index < -0.39 is 5.97 Å². The minimum Gasteiger partial charge on any atom is -0.481 e. The van der Waals surface area contributed by atoms with Crippen LogP contribution in [0, 0.1) is 51.8 Å². The lowest BCUT2D eigenvalue weighted by Gasteiger charge is -2.65. The van der Waals surface area contributed by atoms with Crippen LogP contribution < -0.4 is 0 Å². The zero-order valence-electron chi connectivity index (χ0n) is 21.5. The van der Waals surface area contributed by atoms with Crippen LogP contribution in [0.15, 0.2) is 0 Å². The lowest BCUT2D eigenvalue weighted by Crippen LogP contribution is -2.59. The molecule has 4 aliphatic rings. The van der Waals surface area contributed by atoms with E-state index in [0.29, 0.717) is 41.4 Å². The van der Waals surface area contributed by atoms with Gasteiger partial charge in [0.15, 0.2) is 0 Å². The van der Waals surface area contributed by atoms with Gasteiger partial charge in [0, 0.05) is 0 Å². The fourth-order valence-corrected chi connectivity index (χ4v) is 10.1. The summed E-state index contributed by atoms with van der Waals surface area (Å²) in [4.78, 5) is 12.3. The van der Waals surface area contributed by atoms with Gasteiger partial charge < -0.3 is 10.2 Å². The summed E-state index contributed by atoms with van der Waals surface area (Å²) in [7, 11) is 0. The van der Waals surface area contributed by atoms with E-state index in [0.717, 1.165) is 31.6 Å². The quantitative estimate of drug-likeness (QED) is 0.431. The molecule has 0 aromatic carbocycles. The molecule has 0 unspecified atom stereocenters. The van der Waals surface area contributed by atoms with Crippen LogP contribution in [0.1, 0.15) is 118 Å². The molecule has 0 aliphatic heterocycles. The standard InChI is InChI=1S/C29H50O3/c1-19(2)7-6-8-20(3)23-13-16-29(18-26(31)32)25-10-9-21-17-22(30)11-14-27(21,4)24(25)12-15-28(23,29)5/h19-25,30H,6-18H2,1-5H3,(H,31,32)/t20-,21+,22+,23-,24+,25-,27+,28-,29-/m1/s1. The third-order valence-electron chi connectivity index (χ3n) is 11.8. The van der Waals surface area contributed by atoms with Gasteiger partial charge >= 0.3 is 5.97 Å². The van der Waals surface area contributed by atoms with Crippen molar-refractivity contribution in [3.05, 3.63) is 0 Å². The number of aliphatic carboxylic acids is 1. The molecule has 4 aliphatic carbocycles. The van der Waals surface area contributed by atoms with Gasteiger partial charge in [-0.05, 0) is 110 Å². The highest BCUT2D eigenvalue weighted by atomic mass is 16.4. The third kappa shape index (κ3) is 3.87. The number of rotatable bonds is 7. The Hall–Kier alpha value is -0.570. The van der Waals surface area contributed by atoms with E-state index in [1.165, 1.54) is 51.4 Å². The Morgan fingerprint density at radius 3 is 2.38 bits per heavy atom. The van der Waals surface area contributed by atoms with Crippen molar-refractivity contribution in [1.82, 2.24) is 0 Å². The van der Waals surface area contributed by atoms with Gasteiger partial charge in [-0.2, -0.15) is 0 Å². The average molecular weight is 447 g/mol. The van der Waals surface area contributed by atoms with Crippen molar-refractivity contribution in [2.75, 3.05) is 0 Å². The lowest BCUT2D eigenvalue weighted by atomic mass is 9.39. The molecule has 0 spiro atoms. The second-order valence-corrected chi connectivity index (χ2v) is 13.6. The molecule has 32 heavy (non-hydrogen) atoms. The number of carbonyl (C=O) groups is 1. The van der Waals surface area contributed by atoms with E-state index in [2.05, 4.69) is 34.6 Å². The molecule has 4 fully saturated rings. The molecule has 4 saturated carbocycles. The number of aliphatic hydroxyl groups is 1. The predicted octanol–water partition coefficient (Wildman–Crippen LogP) is 7.31. The number of hydrogen-bond donors (Lipinski definition) is 2. The zero-order valence-corrected chi connectivity index (χ0v) is 21.5. The third-order valence-corrected chi connectivity index (χ3v) is 11.8. The molecule has 0 heterocycles. The van der Waals surface area contributed by atoms with Gasteiger partial charge in [-0.3, -0.25) is 4.79 Å². The van der Waals surface area contributed by atoms with E-state index in [9.17, 15) is 15.0 Å². The van der Waals surface area contributed by atoms with Crippen LogP contribution >= 0.6 is 0 Å². The van der Waals surface area contributed by atoms with Gasteiger partial charge in [-0.25, -0.2) is 0 Å². The summed E-state index contributed by atoms with van der Waals surface area (Å²) < 4.78 is 0. The number of hydrogen-bond acceptors (Lipinski definition) is 2. The van der Waals surface area contributed by atoms with Crippen LogP contribution in [0.4, 0.5) is 0 Å². The first kappa shape index (κ1) is 24.6. The second kappa shape index (κ2) is 8.90. The first-order valence-electron chi connectivity index (χ1n) is 13.9. The molecule has 184 valence electrons. The Bertz CT molecular complexity index is 688. The van der Waals surface area contributed by atoms with Gasteiger partial charge in [0.2, 0.25) is 0 Å². The molecule has 0 radical (unpaired) electrons. The largest absolute Gasteiger partial charge is 0.481 e. The highest BCUT2D eigenvalue weighted by Crippen LogP contribution is 2.74. The SMILES string of the molecule is CC(C)CCC[C@@H](C)[C@H]1CC[C@@]2(CC(=O)O)[C@@H]3CC[C@H]4C[C@@H](O)CC[C@]4(C)[C@H]3CC[C@]12C. The van der Waals surface area contributed by atoms with Gasteiger partial charge in [-0.15, -0.1) is 0 Å². The first-order chi connectivity index (χ1) is 15.0. The molecule has 0 aromatic rings. The van der Waals surface area contributed by atoms with Gasteiger partial charge in [-0.1, -0.05) is 53.9 Å². The minimum atomic E-state index is -0.573. The van der Waals surface area contributed by atoms with E-state index in [1.54, 1.807) is 0 Å². The maximum absolute atomic E-state index is 12.3. The van der Waals surface area contributed by atoms with E-state index >= 15 is 0 Å². The van der Waals surface area contributed by atoms with Crippen LogP contribution in [0.5, 0.6) is 0 Å². The normalized spacial score (nSPS) is 46.9. The second-order valence-electron chi connectivity index (χ2n) is 13.6. The fraction of sp³-hybridized carbons (Fsp3) is 0.966. The van der Waals surface area contributed by atoms with Crippen molar-refractivity contribution < 1.29 is 15.0 Å². The average Bonchev–Trinajstić information content (AvgIpc) is 3.00. The van der Waals surface area contributed by atoms with E-state index in [1.807, 2.05) is 0 Å². The van der Waals surface area contributed by atoms with Crippen LogP contribution in [0.2, 0.25) is 0 Å². The Morgan fingerprint density at radius 1 is 0.938 bits per heavy atom. The molecule has 3 heteroatoms. The molecule has 3 nitrogen and oxygen atoms in total. The van der Waals surface area contributed by atoms with Gasteiger partial charge in [0.25, 0.3) is 0 Å². The van der Waals surface area contributed by atoms with Gasteiger partial charge in [0.1, 0.15) is 0 Å². The van der Waals surface area contributed by atoms with E-state index in [4.69, 9.17) is 0 Å². The Kier molecular flexibility index (Phi) is 6.83. The van der Waals surface area contributed by atoms with Crippen LogP contribution in [-0.4, -0.2) is 22.3 Å². The molecule has 2 N–H and O–H groups in total. The lowest BCUT2D eigenvalue weighted by molar-refractivity contribution is -0.183.